The van der Waals surface area contributed by atoms with Gasteiger partial charge in [-0.05, 0) is 31.0 Å². The maximum Gasteiger partial charge on any atom is 0.166 e. The van der Waals surface area contributed by atoms with Crippen LogP contribution in [0.15, 0.2) is 24.3 Å². The molecule has 2 aliphatic heterocycles. The predicted octanol–water partition coefficient (Wildman–Crippen LogP) is 1.60. The van der Waals surface area contributed by atoms with Crippen LogP contribution in [0.2, 0.25) is 0 Å². The van der Waals surface area contributed by atoms with Gasteiger partial charge in [-0.2, -0.15) is 0 Å². The SMILES string of the molecule is COc1ccc2c3c1O[C@@H]1CC(O)C=CC31CCN(CCCO)C2. The lowest BCUT2D eigenvalue weighted by Gasteiger charge is -2.35. The average Bonchev–Trinajstić information content (AvgIpc) is 2.83. The average molecular weight is 331 g/mol. The van der Waals surface area contributed by atoms with Crippen molar-refractivity contribution in [3.63, 3.8) is 0 Å². The largest absolute Gasteiger partial charge is 0.493 e. The Morgan fingerprint density at radius 3 is 3.08 bits per heavy atom. The van der Waals surface area contributed by atoms with E-state index in [0.29, 0.717) is 6.42 Å². The highest BCUT2D eigenvalue weighted by Crippen LogP contribution is 2.55. The first-order valence-corrected chi connectivity index (χ1v) is 8.75. The first kappa shape index (κ1) is 15.9. The number of methoxy groups -OCH3 is 1. The van der Waals surface area contributed by atoms with Crippen LogP contribution in [-0.4, -0.2) is 54.1 Å². The quantitative estimate of drug-likeness (QED) is 0.821. The Hall–Kier alpha value is -1.56. The van der Waals surface area contributed by atoms with E-state index in [1.807, 2.05) is 12.1 Å². The summed E-state index contributed by atoms with van der Waals surface area (Å²) in [6.07, 6.45) is 5.96. The van der Waals surface area contributed by atoms with E-state index < -0.39 is 6.10 Å². The van der Waals surface area contributed by atoms with Crippen LogP contribution < -0.4 is 9.47 Å². The van der Waals surface area contributed by atoms with Gasteiger partial charge in [-0.1, -0.05) is 18.2 Å². The monoisotopic (exact) mass is 331 g/mol. The van der Waals surface area contributed by atoms with Gasteiger partial charge in [-0.3, -0.25) is 4.90 Å². The third-order valence-electron chi connectivity index (χ3n) is 5.67. The second-order valence-electron chi connectivity index (χ2n) is 7.04. The second kappa shape index (κ2) is 6.06. The molecule has 1 spiro atoms. The smallest absolute Gasteiger partial charge is 0.166 e. The highest BCUT2D eigenvalue weighted by atomic mass is 16.5. The van der Waals surface area contributed by atoms with Crippen molar-refractivity contribution in [2.75, 3.05) is 26.8 Å². The molecule has 5 nitrogen and oxygen atoms in total. The van der Waals surface area contributed by atoms with E-state index in [0.717, 1.165) is 44.0 Å². The number of hydrogen-bond donors (Lipinski definition) is 2. The molecule has 0 saturated heterocycles. The zero-order valence-electron chi connectivity index (χ0n) is 14.1. The molecule has 0 radical (unpaired) electrons. The molecule has 1 aliphatic carbocycles. The van der Waals surface area contributed by atoms with Crippen molar-refractivity contribution in [1.82, 2.24) is 4.90 Å². The summed E-state index contributed by atoms with van der Waals surface area (Å²) >= 11 is 0. The maximum atomic E-state index is 10.1. The molecule has 0 amide bonds. The van der Waals surface area contributed by atoms with Crippen molar-refractivity contribution >= 4 is 0 Å². The molecular weight excluding hydrogens is 306 g/mol. The zero-order chi connectivity index (χ0) is 16.7. The van der Waals surface area contributed by atoms with Crippen molar-refractivity contribution in [2.45, 2.75) is 43.4 Å². The molecule has 3 aliphatic rings. The Morgan fingerprint density at radius 1 is 1.42 bits per heavy atom. The molecule has 1 aromatic rings. The summed E-state index contributed by atoms with van der Waals surface area (Å²) in [5.41, 5.74) is 2.33. The number of benzene rings is 1. The number of aliphatic hydroxyl groups excluding tert-OH is 2. The molecular formula is C19H25NO4. The standard InChI is InChI=1S/C19H25NO4/c1-23-15-4-3-13-12-20(8-2-10-21)9-7-19-6-5-14(22)11-16(19)24-18(15)17(13)19/h3-6,14,16,21-22H,2,7-12H2,1H3/t14?,16-,19?/m1/s1. The second-order valence-corrected chi connectivity index (χ2v) is 7.04. The predicted molar refractivity (Wildman–Crippen MR) is 90.4 cm³/mol. The van der Waals surface area contributed by atoms with Crippen LogP contribution in [0.25, 0.3) is 0 Å². The van der Waals surface area contributed by atoms with Crippen LogP contribution in [-0.2, 0) is 12.0 Å². The van der Waals surface area contributed by atoms with E-state index >= 15 is 0 Å². The van der Waals surface area contributed by atoms with Gasteiger partial charge in [0.15, 0.2) is 11.5 Å². The molecule has 2 unspecified atom stereocenters. The molecule has 0 fully saturated rings. The molecule has 5 heteroatoms. The van der Waals surface area contributed by atoms with E-state index in [2.05, 4.69) is 17.0 Å². The van der Waals surface area contributed by atoms with E-state index in [1.165, 1.54) is 11.1 Å². The molecule has 0 saturated carbocycles. The third kappa shape index (κ3) is 2.34. The first-order chi connectivity index (χ1) is 11.7. The van der Waals surface area contributed by atoms with Gasteiger partial charge in [0.05, 0.1) is 18.6 Å². The van der Waals surface area contributed by atoms with Crippen molar-refractivity contribution in [1.29, 1.82) is 0 Å². The van der Waals surface area contributed by atoms with Gasteiger partial charge in [-0.15, -0.1) is 0 Å². The third-order valence-corrected chi connectivity index (χ3v) is 5.67. The molecule has 0 bridgehead atoms. The van der Waals surface area contributed by atoms with Gasteiger partial charge >= 0.3 is 0 Å². The Kier molecular flexibility index (Phi) is 4.03. The first-order valence-electron chi connectivity index (χ1n) is 8.75. The summed E-state index contributed by atoms with van der Waals surface area (Å²) in [6.45, 7) is 2.93. The minimum atomic E-state index is -0.446. The number of aliphatic hydroxyl groups is 2. The normalized spacial score (nSPS) is 31.1. The number of nitrogens with zero attached hydrogens (tertiary/aromatic N) is 1. The molecule has 1 aromatic carbocycles. The van der Waals surface area contributed by atoms with Crippen LogP contribution in [0.5, 0.6) is 11.5 Å². The Labute approximate surface area is 142 Å². The Bertz CT molecular complexity index is 659. The summed E-state index contributed by atoms with van der Waals surface area (Å²) in [7, 11) is 1.67. The van der Waals surface area contributed by atoms with Crippen molar-refractivity contribution < 1.29 is 19.7 Å². The molecule has 2 N–H and O–H groups in total. The fourth-order valence-corrected chi connectivity index (χ4v) is 4.48. The lowest BCUT2D eigenvalue weighted by Crippen LogP contribution is -2.43. The fraction of sp³-hybridized carbons (Fsp3) is 0.579. The highest BCUT2D eigenvalue weighted by molar-refractivity contribution is 5.60. The zero-order valence-corrected chi connectivity index (χ0v) is 14.1. The maximum absolute atomic E-state index is 10.1. The molecule has 130 valence electrons. The fourth-order valence-electron chi connectivity index (χ4n) is 4.48. The topological polar surface area (TPSA) is 62.2 Å². The summed E-state index contributed by atoms with van der Waals surface area (Å²) in [4.78, 5) is 2.40. The minimum Gasteiger partial charge on any atom is -0.493 e. The summed E-state index contributed by atoms with van der Waals surface area (Å²) in [5.74, 6) is 1.62. The minimum absolute atomic E-state index is 0.0414. The molecule has 2 heterocycles. The van der Waals surface area contributed by atoms with Crippen molar-refractivity contribution in [2.24, 2.45) is 0 Å². The molecule has 3 atom stereocenters. The van der Waals surface area contributed by atoms with Gasteiger partial charge in [0.2, 0.25) is 0 Å². The van der Waals surface area contributed by atoms with Crippen LogP contribution in [0.1, 0.15) is 30.4 Å². The lowest BCUT2D eigenvalue weighted by atomic mass is 9.69. The summed E-state index contributed by atoms with van der Waals surface area (Å²) in [5, 5.41) is 19.2. The Balaban J connectivity index is 1.80. The van der Waals surface area contributed by atoms with Gasteiger partial charge in [0, 0.05) is 31.7 Å². The summed E-state index contributed by atoms with van der Waals surface area (Å²) < 4.78 is 11.8. The van der Waals surface area contributed by atoms with Gasteiger partial charge in [0.25, 0.3) is 0 Å². The number of rotatable bonds is 4. The van der Waals surface area contributed by atoms with Crippen LogP contribution in [0.3, 0.4) is 0 Å². The van der Waals surface area contributed by atoms with Crippen LogP contribution in [0, 0.1) is 0 Å². The van der Waals surface area contributed by atoms with E-state index in [1.54, 1.807) is 7.11 Å². The van der Waals surface area contributed by atoms with Crippen LogP contribution in [0.4, 0.5) is 0 Å². The Morgan fingerprint density at radius 2 is 2.29 bits per heavy atom. The number of hydrogen-bond acceptors (Lipinski definition) is 5. The van der Waals surface area contributed by atoms with Gasteiger partial charge < -0.3 is 19.7 Å². The molecule has 24 heavy (non-hydrogen) atoms. The van der Waals surface area contributed by atoms with Gasteiger partial charge in [-0.25, -0.2) is 0 Å². The van der Waals surface area contributed by atoms with Crippen LogP contribution >= 0.6 is 0 Å². The number of ether oxygens (including phenoxy) is 2. The molecule has 4 rings (SSSR count). The van der Waals surface area contributed by atoms with E-state index in [4.69, 9.17) is 14.6 Å². The van der Waals surface area contributed by atoms with E-state index in [-0.39, 0.29) is 18.1 Å². The lowest BCUT2D eigenvalue weighted by molar-refractivity contribution is 0.0806. The van der Waals surface area contributed by atoms with Crippen molar-refractivity contribution in [3.8, 4) is 11.5 Å². The van der Waals surface area contributed by atoms with Crippen molar-refractivity contribution in [3.05, 3.63) is 35.4 Å². The highest BCUT2D eigenvalue weighted by Gasteiger charge is 2.52. The molecule has 0 aromatic heterocycles. The summed E-state index contributed by atoms with van der Waals surface area (Å²) in [6, 6.07) is 4.12. The van der Waals surface area contributed by atoms with Gasteiger partial charge in [0.1, 0.15) is 6.10 Å². The van der Waals surface area contributed by atoms with E-state index in [9.17, 15) is 5.11 Å².